The summed E-state index contributed by atoms with van der Waals surface area (Å²) >= 11 is 0. The molecule has 0 aliphatic heterocycles. The standard InChI is InChI=1S/C13H21NO2/c1-5-16-12-7-6-9(2)8-11(12)13(15)10(3)14-4/h6-8,10,13-15H,5H2,1-4H3. The Morgan fingerprint density at radius 1 is 1.44 bits per heavy atom. The van der Waals surface area contributed by atoms with Crippen LogP contribution in [0.25, 0.3) is 0 Å². The van der Waals surface area contributed by atoms with E-state index in [2.05, 4.69) is 5.32 Å². The third kappa shape index (κ3) is 2.97. The number of aryl methyl sites for hydroxylation is 1. The van der Waals surface area contributed by atoms with Crippen molar-refractivity contribution in [3.8, 4) is 5.75 Å². The number of aliphatic hydroxyl groups is 1. The molecule has 0 aliphatic rings. The molecular formula is C13H21NO2. The zero-order valence-corrected chi connectivity index (χ0v) is 10.4. The smallest absolute Gasteiger partial charge is 0.125 e. The van der Waals surface area contributed by atoms with Crippen LogP contribution in [-0.4, -0.2) is 24.8 Å². The third-order valence-electron chi connectivity index (χ3n) is 2.71. The Hall–Kier alpha value is -1.06. The van der Waals surface area contributed by atoms with Crippen LogP contribution >= 0.6 is 0 Å². The van der Waals surface area contributed by atoms with Crippen molar-refractivity contribution in [2.45, 2.75) is 32.9 Å². The number of hydrogen-bond donors (Lipinski definition) is 2. The fourth-order valence-corrected chi connectivity index (χ4v) is 1.61. The molecule has 16 heavy (non-hydrogen) atoms. The molecule has 0 aromatic heterocycles. The van der Waals surface area contributed by atoms with Crippen molar-refractivity contribution in [1.29, 1.82) is 0 Å². The molecule has 3 nitrogen and oxygen atoms in total. The summed E-state index contributed by atoms with van der Waals surface area (Å²) in [5.41, 5.74) is 1.98. The Labute approximate surface area is 97.4 Å². The molecule has 0 saturated carbocycles. The van der Waals surface area contributed by atoms with E-state index in [4.69, 9.17) is 4.74 Å². The molecule has 0 amide bonds. The van der Waals surface area contributed by atoms with Crippen LogP contribution in [0.1, 0.15) is 31.1 Å². The number of ether oxygens (including phenoxy) is 1. The fourth-order valence-electron chi connectivity index (χ4n) is 1.61. The van der Waals surface area contributed by atoms with Crippen LogP contribution in [0.3, 0.4) is 0 Å². The minimum atomic E-state index is -0.550. The molecule has 1 rings (SSSR count). The summed E-state index contributed by atoms with van der Waals surface area (Å²) in [6.07, 6.45) is -0.550. The molecule has 0 spiro atoms. The van der Waals surface area contributed by atoms with Gasteiger partial charge in [-0.2, -0.15) is 0 Å². The summed E-state index contributed by atoms with van der Waals surface area (Å²) in [5.74, 6) is 0.766. The summed E-state index contributed by atoms with van der Waals surface area (Å²) < 4.78 is 5.52. The maximum atomic E-state index is 10.2. The lowest BCUT2D eigenvalue weighted by molar-refractivity contribution is 0.135. The largest absolute Gasteiger partial charge is 0.493 e. The molecule has 0 aliphatic carbocycles. The Morgan fingerprint density at radius 3 is 2.69 bits per heavy atom. The number of rotatable bonds is 5. The van der Waals surface area contributed by atoms with Gasteiger partial charge in [0.05, 0.1) is 12.7 Å². The number of aliphatic hydroxyl groups excluding tert-OH is 1. The first-order chi connectivity index (χ1) is 7.60. The van der Waals surface area contributed by atoms with Crippen LogP contribution in [0.15, 0.2) is 18.2 Å². The Bertz CT molecular complexity index is 339. The van der Waals surface area contributed by atoms with Gasteiger partial charge in [-0.15, -0.1) is 0 Å². The number of likely N-dealkylation sites (N-methyl/N-ethyl adjacent to an activating group) is 1. The summed E-state index contributed by atoms with van der Waals surface area (Å²) in [6, 6.07) is 5.88. The van der Waals surface area contributed by atoms with Crippen molar-refractivity contribution in [2.24, 2.45) is 0 Å². The van der Waals surface area contributed by atoms with Crippen LogP contribution in [0.2, 0.25) is 0 Å². The average molecular weight is 223 g/mol. The highest BCUT2D eigenvalue weighted by Crippen LogP contribution is 2.28. The number of benzene rings is 1. The normalized spacial score (nSPS) is 14.6. The van der Waals surface area contributed by atoms with Gasteiger partial charge in [-0.1, -0.05) is 11.6 Å². The number of nitrogens with one attached hydrogen (secondary N) is 1. The summed E-state index contributed by atoms with van der Waals surface area (Å²) in [7, 11) is 1.84. The first-order valence-electron chi connectivity index (χ1n) is 5.68. The van der Waals surface area contributed by atoms with Crippen molar-refractivity contribution in [3.05, 3.63) is 29.3 Å². The molecule has 90 valence electrons. The van der Waals surface area contributed by atoms with Gasteiger partial charge in [-0.3, -0.25) is 0 Å². The van der Waals surface area contributed by atoms with E-state index >= 15 is 0 Å². The summed E-state index contributed by atoms with van der Waals surface area (Å²) in [6.45, 7) is 6.51. The van der Waals surface area contributed by atoms with Gasteiger partial charge >= 0.3 is 0 Å². The van der Waals surface area contributed by atoms with Crippen molar-refractivity contribution in [2.75, 3.05) is 13.7 Å². The van der Waals surface area contributed by atoms with E-state index in [1.165, 1.54) is 0 Å². The van der Waals surface area contributed by atoms with Gasteiger partial charge in [0.15, 0.2) is 0 Å². The van der Waals surface area contributed by atoms with Crippen molar-refractivity contribution in [1.82, 2.24) is 5.32 Å². The van der Waals surface area contributed by atoms with E-state index in [-0.39, 0.29) is 6.04 Å². The predicted octanol–water partition coefficient (Wildman–Crippen LogP) is 2.04. The van der Waals surface area contributed by atoms with Crippen molar-refractivity contribution < 1.29 is 9.84 Å². The molecule has 1 aromatic rings. The first kappa shape index (κ1) is 13.0. The van der Waals surface area contributed by atoms with Gasteiger partial charge in [0, 0.05) is 11.6 Å². The molecule has 0 fully saturated rings. The van der Waals surface area contributed by atoms with Gasteiger partial charge in [0.2, 0.25) is 0 Å². The van der Waals surface area contributed by atoms with Crippen LogP contribution in [0, 0.1) is 6.92 Å². The highest BCUT2D eigenvalue weighted by atomic mass is 16.5. The molecule has 1 aromatic carbocycles. The molecule has 0 radical (unpaired) electrons. The quantitative estimate of drug-likeness (QED) is 0.802. The van der Waals surface area contributed by atoms with Crippen LogP contribution in [0.4, 0.5) is 0 Å². The lowest BCUT2D eigenvalue weighted by Gasteiger charge is -2.21. The van der Waals surface area contributed by atoms with E-state index in [0.717, 1.165) is 16.9 Å². The van der Waals surface area contributed by atoms with Gasteiger partial charge in [0.1, 0.15) is 5.75 Å². The zero-order chi connectivity index (χ0) is 12.1. The minimum absolute atomic E-state index is 0.000932. The molecule has 3 heteroatoms. The summed E-state index contributed by atoms with van der Waals surface area (Å²) in [4.78, 5) is 0. The average Bonchev–Trinajstić information content (AvgIpc) is 2.29. The van der Waals surface area contributed by atoms with Crippen molar-refractivity contribution >= 4 is 0 Å². The third-order valence-corrected chi connectivity index (χ3v) is 2.71. The Balaban J connectivity index is 3.03. The van der Waals surface area contributed by atoms with Crippen LogP contribution < -0.4 is 10.1 Å². The van der Waals surface area contributed by atoms with Gasteiger partial charge < -0.3 is 15.2 Å². The second-order valence-corrected chi connectivity index (χ2v) is 4.00. The van der Waals surface area contributed by atoms with Crippen molar-refractivity contribution in [3.63, 3.8) is 0 Å². The lowest BCUT2D eigenvalue weighted by atomic mass is 10.0. The van der Waals surface area contributed by atoms with E-state index < -0.39 is 6.10 Å². The maximum Gasteiger partial charge on any atom is 0.125 e. The fraction of sp³-hybridized carbons (Fsp3) is 0.538. The maximum absolute atomic E-state index is 10.2. The topological polar surface area (TPSA) is 41.5 Å². The highest BCUT2D eigenvalue weighted by Gasteiger charge is 2.18. The minimum Gasteiger partial charge on any atom is -0.493 e. The molecule has 0 bridgehead atoms. The second kappa shape index (κ2) is 5.87. The molecular weight excluding hydrogens is 202 g/mol. The monoisotopic (exact) mass is 223 g/mol. The SMILES string of the molecule is CCOc1ccc(C)cc1C(O)C(C)NC. The molecule has 0 heterocycles. The molecule has 2 atom stereocenters. The van der Waals surface area contributed by atoms with E-state index in [1.54, 1.807) is 0 Å². The zero-order valence-electron chi connectivity index (χ0n) is 10.4. The second-order valence-electron chi connectivity index (χ2n) is 4.00. The van der Waals surface area contributed by atoms with E-state index in [9.17, 15) is 5.11 Å². The first-order valence-corrected chi connectivity index (χ1v) is 5.68. The van der Waals surface area contributed by atoms with Gasteiger partial charge in [0.25, 0.3) is 0 Å². The van der Waals surface area contributed by atoms with Gasteiger partial charge in [-0.25, -0.2) is 0 Å². The Kier molecular flexibility index (Phi) is 4.77. The van der Waals surface area contributed by atoms with Crippen LogP contribution in [0.5, 0.6) is 5.75 Å². The van der Waals surface area contributed by atoms with E-state index in [1.807, 2.05) is 46.0 Å². The number of hydrogen-bond acceptors (Lipinski definition) is 3. The Morgan fingerprint density at radius 2 is 2.12 bits per heavy atom. The predicted molar refractivity (Wildman–Crippen MR) is 65.8 cm³/mol. The molecule has 0 saturated heterocycles. The summed E-state index contributed by atoms with van der Waals surface area (Å²) in [5, 5.41) is 13.2. The highest BCUT2D eigenvalue weighted by molar-refractivity contribution is 5.39. The van der Waals surface area contributed by atoms with E-state index in [0.29, 0.717) is 6.61 Å². The van der Waals surface area contributed by atoms with Crippen LogP contribution in [-0.2, 0) is 0 Å². The molecule has 2 N–H and O–H groups in total. The van der Waals surface area contributed by atoms with Gasteiger partial charge in [-0.05, 0) is 40.0 Å². The molecule has 2 unspecified atom stereocenters. The lowest BCUT2D eigenvalue weighted by Crippen LogP contribution is -2.29.